The highest BCUT2D eigenvalue weighted by Crippen LogP contribution is 2.30. The zero-order valence-electron chi connectivity index (χ0n) is 14.7. The molecule has 2 aromatic carbocycles. The predicted octanol–water partition coefficient (Wildman–Crippen LogP) is 4.84. The van der Waals surface area contributed by atoms with Crippen molar-refractivity contribution in [1.29, 1.82) is 0 Å². The maximum absolute atomic E-state index is 12.6. The minimum absolute atomic E-state index is 0.130. The molecule has 0 aliphatic carbocycles. The van der Waals surface area contributed by atoms with E-state index in [4.69, 9.17) is 11.6 Å². The molecule has 1 N–H and O–H groups in total. The van der Waals surface area contributed by atoms with Crippen LogP contribution in [0, 0.1) is 10.5 Å². The molecule has 0 bridgehead atoms. The minimum atomic E-state index is -0.535. The molecule has 1 atom stereocenters. The average molecular weight is 514 g/mol. The van der Waals surface area contributed by atoms with Crippen LogP contribution in [0.5, 0.6) is 0 Å². The predicted molar refractivity (Wildman–Crippen MR) is 120 cm³/mol. The van der Waals surface area contributed by atoms with Crippen LogP contribution in [0.3, 0.4) is 0 Å². The Morgan fingerprint density at radius 1 is 1.30 bits per heavy atom. The van der Waals surface area contributed by atoms with E-state index in [-0.39, 0.29) is 18.2 Å². The van der Waals surface area contributed by atoms with E-state index in [1.165, 1.54) is 16.7 Å². The number of thioether (sulfide) groups is 1. The number of carbonyl (C=O) groups excluding carboxylic acids is 2. The van der Waals surface area contributed by atoms with Crippen LogP contribution in [-0.2, 0) is 9.59 Å². The number of nitrogens with one attached hydrogen (secondary N) is 1. The van der Waals surface area contributed by atoms with Crippen molar-refractivity contribution in [3.8, 4) is 0 Å². The Balaban J connectivity index is 1.78. The summed E-state index contributed by atoms with van der Waals surface area (Å²) in [5.74, 6) is -0.356. The lowest BCUT2D eigenvalue weighted by Crippen LogP contribution is -2.43. The molecule has 8 heteroatoms. The van der Waals surface area contributed by atoms with Gasteiger partial charge in [-0.3, -0.25) is 14.5 Å². The summed E-state index contributed by atoms with van der Waals surface area (Å²) in [7, 11) is 1.66. The monoisotopic (exact) mass is 513 g/mol. The van der Waals surface area contributed by atoms with Crippen LogP contribution in [0.25, 0.3) is 0 Å². The van der Waals surface area contributed by atoms with Gasteiger partial charge in [0.1, 0.15) is 5.25 Å². The van der Waals surface area contributed by atoms with Gasteiger partial charge in [-0.1, -0.05) is 29.4 Å². The van der Waals surface area contributed by atoms with Crippen LogP contribution in [0.15, 0.2) is 47.5 Å². The molecule has 1 heterocycles. The summed E-state index contributed by atoms with van der Waals surface area (Å²) in [5.41, 5.74) is 2.30. The van der Waals surface area contributed by atoms with E-state index >= 15 is 0 Å². The lowest BCUT2D eigenvalue weighted by molar-refractivity contribution is -0.128. The third-order valence-electron chi connectivity index (χ3n) is 4.05. The maximum Gasteiger partial charge on any atom is 0.238 e. The second-order valence-electron chi connectivity index (χ2n) is 6.09. The van der Waals surface area contributed by atoms with E-state index in [1.807, 2.05) is 43.3 Å². The van der Waals surface area contributed by atoms with E-state index < -0.39 is 5.25 Å². The standard InChI is InChI=1S/C19H17ClIN3O2S/c1-11-3-6-14(9-15(11)20)23-19-24(2)17(25)10-16(27-19)18(26)22-13-7-4-12(21)5-8-13/h3-9,16H,10H2,1-2H3,(H,22,26). The summed E-state index contributed by atoms with van der Waals surface area (Å²) in [6.07, 6.45) is 0.130. The van der Waals surface area contributed by atoms with Crippen molar-refractivity contribution in [2.75, 3.05) is 12.4 Å². The first kappa shape index (κ1) is 20.2. The Morgan fingerprint density at radius 3 is 2.67 bits per heavy atom. The van der Waals surface area contributed by atoms with Crippen LogP contribution in [0.2, 0.25) is 5.02 Å². The third-order valence-corrected chi connectivity index (χ3v) is 6.42. The van der Waals surface area contributed by atoms with Gasteiger partial charge in [-0.25, -0.2) is 4.99 Å². The van der Waals surface area contributed by atoms with Gasteiger partial charge in [0.05, 0.1) is 5.69 Å². The zero-order valence-corrected chi connectivity index (χ0v) is 18.4. The van der Waals surface area contributed by atoms with E-state index in [9.17, 15) is 9.59 Å². The topological polar surface area (TPSA) is 61.8 Å². The average Bonchev–Trinajstić information content (AvgIpc) is 2.63. The number of rotatable bonds is 3. The Hall–Kier alpha value is -1.58. The SMILES string of the molecule is Cc1ccc(N=C2SC(C(=O)Nc3ccc(I)cc3)CC(=O)N2C)cc1Cl. The van der Waals surface area contributed by atoms with Crippen molar-refractivity contribution in [2.24, 2.45) is 4.99 Å². The van der Waals surface area contributed by atoms with Gasteiger partial charge in [0.15, 0.2) is 5.17 Å². The number of hydrogen-bond acceptors (Lipinski definition) is 4. The molecular weight excluding hydrogens is 497 g/mol. The first-order chi connectivity index (χ1) is 12.8. The van der Waals surface area contributed by atoms with Gasteiger partial charge in [-0.2, -0.15) is 0 Å². The number of benzene rings is 2. The second-order valence-corrected chi connectivity index (χ2v) is 8.91. The normalized spacial score (nSPS) is 18.7. The molecule has 0 aromatic heterocycles. The van der Waals surface area contributed by atoms with Crippen molar-refractivity contribution < 1.29 is 9.59 Å². The number of anilines is 1. The Bertz CT molecular complexity index is 918. The zero-order chi connectivity index (χ0) is 19.6. The number of hydrogen-bond donors (Lipinski definition) is 1. The first-order valence-electron chi connectivity index (χ1n) is 8.18. The molecule has 5 nitrogen and oxygen atoms in total. The highest BCUT2D eigenvalue weighted by atomic mass is 127. The first-order valence-corrected chi connectivity index (χ1v) is 10.5. The molecule has 0 saturated carbocycles. The molecule has 27 heavy (non-hydrogen) atoms. The number of carbonyl (C=O) groups is 2. The van der Waals surface area contributed by atoms with Gasteiger partial charge >= 0.3 is 0 Å². The molecule has 140 valence electrons. The summed E-state index contributed by atoms with van der Waals surface area (Å²) >= 11 is 9.64. The molecule has 0 radical (unpaired) electrons. The van der Waals surface area contributed by atoms with Gasteiger partial charge in [0.2, 0.25) is 11.8 Å². The number of aliphatic imine (C=N–C) groups is 1. The second kappa shape index (κ2) is 8.62. The Labute approximate surface area is 180 Å². The van der Waals surface area contributed by atoms with Crippen molar-refractivity contribution in [3.05, 3.63) is 56.6 Å². The van der Waals surface area contributed by atoms with Gasteiger partial charge in [0, 0.05) is 27.7 Å². The molecule has 2 amide bonds. The summed E-state index contributed by atoms with van der Waals surface area (Å²) in [5, 5.41) is 3.42. The van der Waals surface area contributed by atoms with Crippen molar-refractivity contribution in [2.45, 2.75) is 18.6 Å². The van der Waals surface area contributed by atoms with Crippen LogP contribution in [0.4, 0.5) is 11.4 Å². The fourth-order valence-electron chi connectivity index (χ4n) is 2.42. The molecule has 1 fully saturated rings. The Kier molecular flexibility index (Phi) is 6.44. The number of nitrogens with zero attached hydrogens (tertiary/aromatic N) is 2. The van der Waals surface area contributed by atoms with Crippen molar-refractivity contribution >= 4 is 74.3 Å². The summed E-state index contributed by atoms with van der Waals surface area (Å²) in [6.45, 7) is 1.91. The summed E-state index contributed by atoms with van der Waals surface area (Å²) in [4.78, 5) is 31.0. The highest BCUT2D eigenvalue weighted by molar-refractivity contribution is 14.1. The third kappa shape index (κ3) is 5.03. The molecule has 3 rings (SSSR count). The molecule has 0 spiro atoms. The van der Waals surface area contributed by atoms with Crippen molar-refractivity contribution in [3.63, 3.8) is 0 Å². The van der Waals surface area contributed by atoms with E-state index in [0.29, 0.717) is 21.6 Å². The summed E-state index contributed by atoms with van der Waals surface area (Å²) < 4.78 is 1.08. The van der Waals surface area contributed by atoms with Gasteiger partial charge in [-0.15, -0.1) is 0 Å². The lowest BCUT2D eigenvalue weighted by Gasteiger charge is -2.28. The fraction of sp³-hybridized carbons (Fsp3) is 0.211. The van der Waals surface area contributed by atoms with Crippen LogP contribution >= 0.6 is 46.0 Å². The molecule has 1 aliphatic heterocycles. The fourth-order valence-corrected chi connectivity index (χ4v) is 4.01. The molecule has 1 aliphatic rings. The summed E-state index contributed by atoms with van der Waals surface area (Å²) in [6, 6.07) is 13.0. The van der Waals surface area contributed by atoms with Crippen molar-refractivity contribution in [1.82, 2.24) is 4.90 Å². The number of halogens is 2. The number of amidine groups is 1. The number of aryl methyl sites for hydroxylation is 1. The van der Waals surface area contributed by atoms with Gasteiger partial charge in [0.25, 0.3) is 0 Å². The molecule has 1 saturated heterocycles. The lowest BCUT2D eigenvalue weighted by atomic mass is 10.2. The van der Waals surface area contributed by atoms with Crippen LogP contribution < -0.4 is 5.32 Å². The van der Waals surface area contributed by atoms with E-state index in [1.54, 1.807) is 13.1 Å². The van der Waals surface area contributed by atoms with Crippen LogP contribution in [-0.4, -0.2) is 34.2 Å². The maximum atomic E-state index is 12.6. The minimum Gasteiger partial charge on any atom is -0.325 e. The van der Waals surface area contributed by atoms with Gasteiger partial charge in [-0.05, 0) is 71.5 Å². The van der Waals surface area contributed by atoms with E-state index in [0.717, 1.165) is 9.13 Å². The smallest absolute Gasteiger partial charge is 0.238 e. The molecular formula is C19H17ClIN3O2S. The molecule has 1 unspecified atom stereocenters. The van der Waals surface area contributed by atoms with E-state index in [2.05, 4.69) is 32.9 Å². The quantitative estimate of drug-likeness (QED) is 0.597. The Morgan fingerprint density at radius 2 is 2.00 bits per heavy atom. The molecule has 2 aromatic rings. The largest absolute Gasteiger partial charge is 0.325 e. The number of amides is 2. The van der Waals surface area contributed by atoms with Gasteiger partial charge < -0.3 is 5.32 Å². The van der Waals surface area contributed by atoms with Crippen LogP contribution in [0.1, 0.15) is 12.0 Å². The highest BCUT2D eigenvalue weighted by Gasteiger charge is 2.34.